The Labute approximate surface area is 146 Å². The highest BCUT2D eigenvalue weighted by Gasteiger charge is 2.11. The number of fused-ring (bicyclic) bond motifs is 1. The summed E-state index contributed by atoms with van der Waals surface area (Å²) in [5.41, 5.74) is 1.29. The second-order valence-corrected chi connectivity index (χ2v) is 5.61. The first-order valence-electron chi connectivity index (χ1n) is 7.78. The van der Waals surface area contributed by atoms with Gasteiger partial charge in [-0.3, -0.25) is 4.79 Å². The first-order valence-corrected chi connectivity index (χ1v) is 7.78. The van der Waals surface area contributed by atoms with Gasteiger partial charge in [0.05, 0.1) is 5.52 Å². The quantitative estimate of drug-likeness (QED) is 0.586. The Morgan fingerprint density at radius 1 is 0.923 bits per heavy atom. The molecule has 0 saturated heterocycles. The predicted octanol–water partition coefficient (Wildman–Crippen LogP) is 4.01. The molecule has 0 aliphatic rings. The van der Waals surface area contributed by atoms with Crippen molar-refractivity contribution in [3.8, 4) is 11.4 Å². The van der Waals surface area contributed by atoms with Gasteiger partial charge in [-0.1, -0.05) is 12.1 Å². The summed E-state index contributed by atoms with van der Waals surface area (Å²) < 4.78 is 26.7. The molecule has 2 N–H and O–H groups in total. The topological polar surface area (TPSA) is 70.7 Å². The second-order valence-electron chi connectivity index (χ2n) is 5.61. The summed E-state index contributed by atoms with van der Waals surface area (Å²) in [6.45, 7) is 0. The molecule has 0 aliphatic carbocycles. The molecule has 128 valence electrons. The third-order valence-electron chi connectivity index (χ3n) is 3.82. The van der Waals surface area contributed by atoms with Gasteiger partial charge in [-0.2, -0.15) is 0 Å². The third-order valence-corrected chi connectivity index (χ3v) is 3.82. The summed E-state index contributed by atoms with van der Waals surface area (Å²) in [4.78, 5) is 23.1. The van der Waals surface area contributed by atoms with Crippen molar-refractivity contribution in [3.05, 3.63) is 82.8 Å². The Balaban J connectivity index is 1.86. The average Bonchev–Trinajstić information content (AvgIpc) is 2.65. The molecule has 0 aliphatic heterocycles. The minimum Gasteiger partial charge on any atom is -0.340 e. The Morgan fingerprint density at radius 3 is 2.58 bits per heavy atom. The van der Waals surface area contributed by atoms with E-state index in [4.69, 9.17) is 0 Å². The van der Waals surface area contributed by atoms with Crippen LogP contribution in [-0.4, -0.2) is 15.0 Å². The van der Waals surface area contributed by atoms with Gasteiger partial charge in [0.1, 0.15) is 5.82 Å². The van der Waals surface area contributed by atoms with E-state index in [1.807, 2.05) is 24.3 Å². The molecule has 2 aromatic heterocycles. The van der Waals surface area contributed by atoms with Gasteiger partial charge < -0.3 is 10.3 Å². The summed E-state index contributed by atoms with van der Waals surface area (Å²) >= 11 is 0. The van der Waals surface area contributed by atoms with Gasteiger partial charge in [-0.15, -0.1) is 0 Å². The molecule has 7 heteroatoms. The van der Waals surface area contributed by atoms with Gasteiger partial charge in [0.15, 0.2) is 17.5 Å². The largest absolute Gasteiger partial charge is 0.340 e. The Morgan fingerprint density at radius 2 is 1.77 bits per heavy atom. The molecule has 0 atom stereocenters. The molecule has 0 saturated carbocycles. The number of para-hydroxylation sites is 1. The second kappa shape index (κ2) is 6.36. The Hall–Kier alpha value is -3.61. The average molecular weight is 350 g/mol. The zero-order valence-electron chi connectivity index (χ0n) is 13.3. The number of pyridine rings is 1. The maximum absolute atomic E-state index is 13.5. The maximum atomic E-state index is 13.5. The van der Waals surface area contributed by atoms with Crippen LogP contribution in [0.2, 0.25) is 0 Å². The van der Waals surface area contributed by atoms with E-state index >= 15 is 0 Å². The molecule has 26 heavy (non-hydrogen) atoms. The van der Waals surface area contributed by atoms with Gasteiger partial charge in [0.2, 0.25) is 5.56 Å². The van der Waals surface area contributed by atoms with E-state index in [-0.39, 0.29) is 5.56 Å². The molecule has 0 spiro atoms. The number of aromatic nitrogens is 3. The van der Waals surface area contributed by atoms with E-state index in [9.17, 15) is 13.6 Å². The fourth-order valence-electron chi connectivity index (χ4n) is 2.60. The van der Waals surface area contributed by atoms with Crippen molar-refractivity contribution >= 4 is 22.4 Å². The smallest absolute Gasteiger partial charge is 0.248 e. The molecule has 0 amide bonds. The third kappa shape index (κ3) is 3.02. The van der Waals surface area contributed by atoms with Crippen molar-refractivity contribution in [1.29, 1.82) is 0 Å². The molecular weight excluding hydrogens is 338 g/mol. The molecule has 0 unspecified atom stereocenters. The van der Waals surface area contributed by atoms with Crippen LogP contribution in [-0.2, 0) is 0 Å². The van der Waals surface area contributed by atoms with E-state index < -0.39 is 11.6 Å². The SMILES string of the molecule is O=c1cc(-c2nc(Nc3ccc(F)c(F)c3)c3ccccc3n2)cc[nH]1. The summed E-state index contributed by atoms with van der Waals surface area (Å²) in [6, 6.07) is 13.9. The van der Waals surface area contributed by atoms with Gasteiger partial charge in [-0.05, 0) is 30.3 Å². The van der Waals surface area contributed by atoms with Crippen molar-refractivity contribution in [2.24, 2.45) is 0 Å². The van der Waals surface area contributed by atoms with Crippen LogP contribution in [0.4, 0.5) is 20.3 Å². The van der Waals surface area contributed by atoms with Gasteiger partial charge in [0, 0.05) is 35.0 Å². The van der Waals surface area contributed by atoms with Crippen LogP contribution in [0, 0.1) is 11.6 Å². The molecule has 0 bridgehead atoms. The Kier molecular flexibility index (Phi) is 3.89. The molecule has 0 radical (unpaired) electrons. The zero-order chi connectivity index (χ0) is 18.1. The fourth-order valence-corrected chi connectivity index (χ4v) is 2.60. The van der Waals surface area contributed by atoms with E-state index in [1.54, 1.807) is 6.07 Å². The number of hydrogen-bond donors (Lipinski definition) is 2. The standard InChI is InChI=1S/C19H12F2N4O/c20-14-6-5-12(10-15(14)21)23-19-13-3-1-2-4-16(13)24-18(25-19)11-7-8-22-17(26)9-11/h1-10H,(H,22,26)(H,23,24,25). The molecule has 0 fully saturated rings. The van der Waals surface area contributed by atoms with Crippen molar-refractivity contribution in [2.45, 2.75) is 0 Å². The van der Waals surface area contributed by atoms with Crippen LogP contribution in [0.25, 0.3) is 22.3 Å². The summed E-state index contributed by atoms with van der Waals surface area (Å²) in [6.07, 6.45) is 1.51. The number of aromatic amines is 1. The summed E-state index contributed by atoms with van der Waals surface area (Å²) in [5, 5.41) is 3.71. The highest BCUT2D eigenvalue weighted by Crippen LogP contribution is 2.27. The van der Waals surface area contributed by atoms with Crippen LogP contribution in [0.3, 0.4) is 0 Å². The number of nitrogens with one attached hydrogen (secondary N) is 2. The molecule has 5 nitrogen and oxygen atoms in total. The first-order chi connectivity index (χ1) is 12.6. The highest BCUT2D eigenvalue weighted by molar-refractivity contribution is 5.92. The van der Waals surface area contributed by atoms with E-state index in [0.717, 1.165) is 12.1 Å². The predicted molar refractivity (Wildman–Crippen MR) is 95.2 cm³/mol. The van der Waals surface area contributed by atoms with Crippen molar-refractivity contribution in [2.75, 3.05) is 5.32 Å². The fraction of sp³-hybridized carbons (Fsp3) is 0. The van der Waals surface area contributed by atoms with Gasteiger partial charge in [-0.25, -0.2) is 18.7 Å². The van der Waals surface area contributed by atoms with Crippen LogP contribution in [0.1, 0.15) is 0 Å². The number of anilines is 2. The zero-order valence-corrected chi connectivity index (χ0v) is 13.3. The number of H-pyrrole nitrogens is 1. The lowest BCUT2D eigenvalue weighted by molar-refractivity contribution is 0.509. The lowest BCUT2D eigenvalue weighted by Crippen LogP contribution is -2.05. The number of hydrogen-bond acceptors (Lipinski definition) is 4. The highest BCUT2D eigenvalue weighted by atomic mass is 19.2. The maximum Gasteiger partial charge on any atom is 0.248 e. The van der Waals surface area contributed by atoms with Crippen molar-refractivity contribution in [1.82, 2.24) is 15.0 Å². The molecule has 4 aromatic rings. The monoisotopic (exact) mass is 350 g/mol. The number of rotatable bonds is 3. The van der Waals surface area contributed by atoms with E-state index in [1.165, 1.54) is 18.3 Å². The molecular formula is C19H12F2N4O. The summed E-state index contributed by atoms with van der Waals surface area (Å²) in [5.74, 6) is -1.10. The van der Waals surface area contributed by atoms with Crippen molar-refractivity contribution < 1.29 is 8.78 Å². The van der Waals surface area contributed by atoms with Gasteiger partial charge in [0.25, 0.3) is 0 Å². The van der Waals surface area contributed by atoms with Gasteiger partial charge >= 0.3 is 0 Å². The van der Waals surface area contributed by atoms with Crippen LogP contribution in [0.5, 0.6) is 0 Å². The lowest BCUT2D eigenvalue weighted by Gasteiger charge is -2.11. The first kappa shape index (κ1) is 15.9. The van der Waals surface area contributed by atoms with Crippen molar-refractivity contribution in [3.63, 3.8) is 0 Å². The minimum atomic E-state index is -0.955. The van der Waals surface area contributed by atoms with E-state index in [2.05, 4.69) is 20.3 Å². The normalized spacial score (nSPS) is 10.8. The van der Waals surface area contributed by atoms with Crippen LogP contribution >= 0.6 is 0 Å². The van der Waals surface area contributed by atoms with Crippen LogP contribution < -0.4 is 10.9 Å². The Bertz CT molecular complexity index is 1170. The minimum absolute atomic E-state index is 0.269. The van der Waals surface area contributed by atoms with E-state index in [0.29, 0.717) is 33.8 Å². The molecule has 2 heterocycles. The number of benzene rings is 2. The molecule has 4 rings (SSSR count). The van der Waals surface area contributed by atoms with Crippen LogP contribution in [0.15, 0.2) is 65.6 Å². The molecule has 2 aromatic carbocycles. The number of halogens is 2. The lowest BCUT2D eigenvalue weighted by atomic mass is 10.2. The summed E-state index contributed by atoms with van der Waals surface area (Å²) in [7, 11) is 0. The number of nitrogens with zero attached hydrogens (tertiary/aromatic N) is 2.